The number of hydrogen-bond donors (Lipinski definition) is 1. The van der Waals surface area contributed by atoms with Crippen molar-refractivity contribution in [1.82, 2.24) is 14.5 Å². The van der Waals surface area contributed by atoms with Crippen LogP contribution in [0.25, 0.3) is 11.0 Å². The third kappa shape index (κ3) is 2.16. The van der Waals surface area contributed by atoms with E-state index in [2.05, 4.69) is 47.3 Å². The molecule has 1 aliphatic rings. The molecule has 4 nitrogen and oxygen atoms in total. The highest BCUT2D eigenvalue weighted by Gasteiger charge is 2.25. The second-order valence-electron chi connectivity index (χ2n) is 6.11. The molecule has 2 heterocycles. The third-order valence-electron chi connectivity index (χ3n) is 4.62. The van der Waals surface area contributed by atoms with E-state index in [-0.39, 0.29) is 5.69 Å². The molecule has 2 aromatic carbocycles. The summed E-state index contributed by atoms with van der Waals surface area (Å²) in [6.45, 7) is 1.65. The number of likely N-dealkylation sites (N-methyl/N-ethyl adjacent to an activating group) is 1. The van der Waals surface area contributed by atoms with Gasteiger partial charge in [0.25, 0.3) is 0 Å². The van der Waals surface area contributed by atoms with Gasteiger partial charge in [0.15, 0.2) is 0 Å². The molecule has 112 valence electrons. The summed E-state index contributed by atoms with van der Waals surface area (Å²) in [6.07, 6.45) is 0.984. The van der Waals surface area contributed by atoms with E-state index in [1.54, 1.807) is 0 Å². The van der Waals surface area contributed by atoms with E-state index >= 15 is 0 Å². The van der Waals surface area contributed by atoms with Gasteiger partial charge in [-0.1, -0.05) is 42.5 Å². The van der Waals surface area contributed by atoms with Crippen LogP contribution in [0, 0.1) is 0 Å². The number of H-pyrrole nitrogens is 1. The Morgan fingerprint density at radius 3 is 2.82 bits per heavy atom. The average molecular weight is 293 g/mol. The minimum Gasteiger partial charge on any atom is -0.306 e. The Labute approximate surface area is 129 Å². The first-order chi connectivity index (χ1) is 10.7. The van der Waals surface area contributed by atoms with Crippen molar-refractivity contribution in [3.05, 3.63) is 70.1 Å². The van der Waals surface area contributed by atoms with Crippen LogP contribution in [0.15, 0.2) is 53.3 Å². The fraction of sp³-hybridized carbons (Fsp3) is 0.278. The lowest BCUT2D eigenvalue weighted by molar-refractivity contribution is 0.205. The number of aromatic nitrogens is 2. The van der Waals surface area contributed by atoms with Crippen LogP contribution in [0.2, 0.25) is 0 Å². The first-order valence-electron chi connectivity index (χ1n) is 7.67. The summed E-state index contributed by atoms with van der Waals surface area (Å²) in [5, 5.41) is 0. The molecule has 1 atom stereocenters. The Hall–Kier alpha value is -2.33. The van der Waals surface area contributed by atoms with Gasteiger partial charge in [-0.2, -0.15) is 0 Å². The van der Waals surface area contributed by atoms with Crippen molar-refractivity contribution in [2.45, 2.75) is 25.6 Å². The van der Waals surface area contributed by atoms with Gasteiger partial charge in [0.05, 0.1) is 11.0 Å². The molecular weight excluding hydrogens is 274 g/mol. The van der Waals surface area contributed by atoms with E-state index in [0.717, 1.165) is 30.5 Å². The molecule has 1 aromatic heterocycles. The summed E-state index contributed by atoms with van der Waals surface area (Å²) in [4.78, 5) is 17.5. The monoisotopic (exact) mass is 293 g/mol. The lowest BCUT2D eigenvalue weighted by Crippen LogP contribution is -2.41. The Balaban J connectivity index is 1.64. The molecule has 0 amide bonds. The zero-order chi connectivity index (χ0) is 15.1. The molecule has 1 N–H and O–H groups in total. The fourth-order valence-electron chi connectivity index (χ4n) is 3.46. The SMILES string of the molecule is CN(Cc1ccccc1)C1Cc2cccc3[nH]c(=O)n(c23)C1. The van der Waals surface area contributed by atoms with Crippen LogP contribution in [-0.2, 0) is 19.5 Å². The predicted molar refractivity (Wildman–Crippen MR) is 88.0 cm³/mol. The molecular formula is C18H19N3O. The van der Waals surface area contributed by atoms with Crippen molar-refractivity contribution in [3.8, 4) is 0 Å². The molecule has 22 heavy (non-hydrogen) atoms. The standard InChI is InChI=1S/C18H19N3O/c1-20(11-13-6-3-2-4-7-13)15-10-14-8-5-9-16-17(14)21(12-15)18(22)19-16/h2-9,15H,10-12H2,1H3,(H,19,22). The van der Waals surface area contributed by atoms with Crippen molar-refractivity contribution in [2.24, 2.45) is 0 Å². The lowest BCUT2D eigenvalue weighted by Gasteiger charge is -2.32. The van der Waals surface area contributed by atoms with Crippen LogP contribution in [0.3, 0.4) is 0 Å². The highest BCUT2D eigenvalue weighted by molar-refractivity contribution is 5.79. The minimum atomic E-state index is 0.000242. The van der Waals surface area contributed by atoms with Crippen molar-refractivity contribution in [1.29, 1.82) is 0 Å². The van der Waals surface area contributed by atoms with Crippen molar-refractivity contribution in [2.75, 3.05) is 7.05 Å². The van der Waals surface area contributed by atoms with Crippen molar-refractivity contribution in [3.63, 3.8) is 0 Å². The highest BCUT2D eigenvalue weighted by atomic mass is 16.1. The van der Waals surface area contributed by atoms with E-state index in [9.17, 15) is 4.79 Å². The summed E-state index contributed by atoms with van der Waals surface area (Å²) in [5.41, 5.74) is 4.59. The average Bonchev–Trinajstić information content (AvgIpc) is 2.86. The molecule has 4 heteroatoms. The van der Waals surface area contributed by atoms with Gasteiger partial charge in [0, 0.05) is 19.1 Å². The summed E-state index contributed by atoms with van der Waals surface area (Å²) >= 11 is 0. The van der Waals surface area contributed by atoms with Gasteiger partial charge >= 0.3 is 5.69 Å². The second kappa shape index (κ2) is 5.14. The van der Waals surface area contributed by atoms with E-state index in [1.807, 2.05) is 22.8 Å². The molecule has 0 saturated heterocycles. The van der Waals surface area contributed by atoms with E-state index < -0.39 is 0 Å². The van der Waals surface area contributed by atoms with Gasteiger partial charge < -0.3 is 4.98 Å². The molecule has 0 aliphatic carbocycles. The predicted octanol–water partition coefficient (Wildman–Crippen LogP) is 2.39. The first-order valence-corrected chi connectivity index (χ1v) is 7.67. The molecule has 0 saturated carbocycles. The molecule has 0 bridgehead atoms. The van der Waals surface area contributed by atoms with Crippen LogP contribution >= 0.6 is 0 Å². The van der Waals surface area contributed by atoms with Gasteiger partial charge in [-0.15, -0.1) is 0 Å². The van der Waals surface area contributed by atoms with Gasteiger partial charge in [-0.05, 0) is 30.7 Å². The summed E-state index contributed by atoms with van der Waals surface area (Å²) < 4.78 is 1.89. The van der Waals surface area contributed by atoms with Gasteiger partial charge in [0.1, 0.15) is 0 Å². The van der Waals surface area contributed by atoms with E-state index in [4.69, 9.17) is 0 Å². The smallest absolute Gasteiger partial charge is 0.306 e. The van der Waals surface area contributed by atoms with Crippen LogP contribution in [-0.4, -0.2) is 27.5 Å². The van der Waals surface area contributed by atoms with E-state index in [1.165, 1.54) is 11.1 Å². The normalized spacial score (nSPS) is 17.3. The van der Waals surface area contributed by atoms with Gasteiger partial charge in [0.2, 0.25) is 0 Å². The molecule has 3 aromatic rings. The number of nitrogens with zero attached hydrogens (tertiary/aromatic N) is 2. The molecule has 0 radical (unpaired) electrons. The van der Waals surface area contributed by atoms with Gasteiger partial charge in [-0.3, -0.25) is 9.47 Å². The number of rotatable bonds is 3. The van der Waals surface area contributed by atoms with Crippen LogP contribution in [0.5, 0.6) is 0 Å². The zero-order valence-corrected chi connectivity index (χ0v) is 12.6. The number of imidazole rings is 1. The second-order valence-corrected chi connectivity index (χ2v) is 6.11. The maximum atomic E-state index is 12.2. The van der Waals surface area contributed by atoms with Crippen LogP contribution < -0.4 is 5.69 Å². The molecule has 1 unspecified atom stereocenters. The lowest BCUT2D eigenvalue weighted by atomic mass is 9.99. The van der Waals surface area contributed by atoms with Gasteiger partial charge in [-0.25, -0.2) is 4.79 Å². The summed E-state index contributed by atoms with van der Waals surface area (Å²) in [6, 6.07) is 16.9. The Morgan fingerprint density at radius 2 is 2.00 bits per heavy atom. The maximum absolute atomic E-state index is 12.2. The third-order valence-corrected chi connectivity index (χ3v) is 4.62. The zero-order valence-electron chi connectivity index (χ0n) is 12.6. The Kier molecular flexibility index (Phi) is 3.12. The van der Waals surface area contributed by atoms with Crippen LogP contribution in [0.1, 0.15) is 11.1 Å². The number of hydrogen-bond acceptors (Lipinski definition) is 2. The molecule has 0 spiro atoms. The fourth-order valence-corrected chi connectivity index (χ4v) is 3.46. The van der Waals surface area contributed by atoms with Crippen LogP contribution in [0.4, 0.5) is 0 Å². The minimum absolute atomic E-state index is 0.000242. The maximum Gasteiger partial charge on any atom is 0.326 e. The molecule has 1 aliphatic heterocycles. The Bertz CT molecular complexity index is 863. The largest absolute Gasteiger partial charge is 0.326 e. The topological polar surface area (TPSA) is 41.0 Å². The van der Waals surface area contributed by atoms with E-state index in [0.29, 0.717) is 6.04 Å². The number of benzene rings is 2. The highest BCUT2D eigenvalue weighted by Crippen LogP contribution is 2.25. The summed E-state index contributed by atoms with van der Waals surface area (Å²) in [7, 11) is 2.14. The number of aromatic amines is 1. The van der Waals surface area contributed by atoms with Crippen molar-refractivity contribution < 1.29 is 0 Å². The molecule has 0 fully saturated rings. The van der Waals surface area contributed by atoms with Crippen molar-refractivity contribution >= 4 is 11.0 Å². The quantitative estimate of drug-likeness (QED) is 0.805. The Morgan fingerprint density at radius 1 is 1.18 bits per heavy atom. The molecule has 4 rings (SSSR count). The number of para-hydroxylation sites is 1. The number of nitrogens with one attached hydrogen (secondary N) is 1. The first kappa shape index (κ1) is 13.3. The summed E-state index contributed by atoms with van der Waals surface area (Å²) in [5.74, 6) is 0.